The van der Waals surface area contributed by atoms with Crippen molar-refractivity contribution in [3.63, 3.8) is 0 Å². The van der Waals surface area contributed by atoms with Crippen LogP contribution in [0.25, 0.3) is 0 Å². The van der Waals surface area contributed by atoms with E-state index in [0.717, 1.165) is 36.5 Å². The van der Waals surface area contributed by atoms with Gasteiger partial charge in [0.05, 0.1) is 6.61 Å². The average Bonchev–Trinajstić information content (AvgIpc) is 2.96. The molecule has 11 N–H and O–H groups in total. The minimum absolute atomic E-state index is 0.0258. The van der Waals surface area contributed by atoms with Crippen LogP contribution in [0.3, 0.4) is 0 Å². The van der Waals surface area contributed by atoms with Crippen molar-refractivity contribution in [2.24, 2.45) is 0 Å². The first kappa shape index (κ1) is 53.1. The molecule has 0 bridgehead atoms. The molecule has 0 amide bonds. The third kappa shape index (κ3) is 76.5. The van der Waals surface area contributed by atoms with Crippen LogP contribution >= 0.6 is 0 Å². The summed E-state index contributed by atoms with van der Waals surface area (Å²) in [6.45, 7) is 17.0. The maximum absolute atomic E-state index is 9.90. The summed E-state index contributed by atoms with van der Waals surface area (Å²) in [6.07, 6.45) is -1.84. The fraction of sp³-hybridized carbons (Fsp3) is 0.208. The summed E-state index contributed by atoms with van der Waals surface area (Å²) >= 11 is 0. The lowest BCUT2D eigenvalue weighted by molar-refractivity contribution is -0.136. The SMILES string of the molecule is C=CC(=O)O.C=CC(=O)O.C=CC(=O)O.C=CC(=O)O.C=CC(=O)O.C=CC(=O)O.O=C[C@H](O)[C@@H](O)[C@H](O)[C@H](O)CO. The minimum atomic E-state index is -1.79. The number of carboxylic acids is 6. The predicted octanol–water partition coefficient (Wildman–Crippen LogP) is -1.84. The largest absolute Gasteiger partial charge is 0.478 e. The van der Waals surface area contributed by atoms with Crippen molar-refractivity contribution in [2.75, 3.05) is 6.61 Å². The Labute approximate surface area is 239 Å². The highest BCUT2D eigenvalue weighted by Gasteiger charge is 2.29. The molecule has 18 nitrogen and oxygen atoms in total. The molecule has 0 fully saturated rings. The Kier molecular flexibility index (Phi) is 50.8. The molecule has 0 aliphatic carbocycles. The molecule has 4 atom stereocenters. The Morgan fingerprint density at radius 1 is 0.476 bits per heavy atom. The van der Waals surface area contributed by atoms with Gasteiger partial charge in [0.2, 0.25) is 0 Å². The zero-order valence-corrected chi connectivity index (χ0v) is 22.1. The van der Waals surface area contributed by atoms with Crippen molar-refractivity contribution in [1.29, 1.82) is 0 Å². The van der Waals surface area contributed by atoms with Crippen LogP contribution in [-0.4, -0.2) is 129 Å². The summed E-state index contributed by atoms with van der Waals surface area (Å²) in [5.41, 5.74) is 0. The summed E-state index contributed by atoms with van der Waals surface area (Å²) in [4.78, 5) is 65.4. The predicted molar refractivity (Wildman–Crippen MR) is 144 cm³/mol. The zero-order chi connectivity index (χ0) is 35.4. The van der Waals surface area contributed by atoms with Crippen LogP contribution < -0.4 is 0 Å². The first-order valence-electron chi connectivity index (χ1n) is 10.1. The van der Waals surface area contributed by atoms with Gasteiger partial charge in [-0.3, -0.25) is 0 Å². The molecule has 240 valence electrons. The quantitative estimate of drug-likeness (QED) is 0.0901. The highest BCUT2D eigenvalue weighted by Crippen LogP contribution is 2.02. The van der Waals surface area contributed by atoms with Gasteiger partial charge in [-0.05, 0) is 0 Å². The number of aliphatic carboxylic acids is 6. The number of aliphatic hydroxyl groups excluding tert-OH is 5. The second kappa shape index (κ2) is 40.2. The van der Waals surface area contributed by atoms with Crippen molar-refractivity contribution in [2.45, 2.75) is 24.4 Å². The molecule has 0 aliphatic rings. The third-order valence-electron chi connectivity index (χ3n) is 2.47. The highest BCUT2D eigenvalue weighted by molar-refractivity contribution is 5.80. The van der Waals surface area contributed by atoms with Crippen molar-refractivity contribution < 1.29 is 89.7 Å². The topological polar surface area (TPSA) is 342 Å². The van der Waals surface area contributed by atoms with Gasteiger partial charge in [-0.2, -0.15) is 0 Å². The molecule has 0 spiro atoms. The third-order valence-corrected chi connectivity index (χ3v) is 2.47. The number of hydrogen-bond donors (Lipinski definition) is 11. The minimum Gasteiger partial charge on any atom is -0.478 e. The summed E-state index contributed by atoms with van der Waals surface area (Å²) < 4.78 is 0. The molecule has 0 heterocycles. The molecule has 0 radical (unpaired) electrons. The fourth-order valence-electron chi connectivity index (χ4n) is 0.618. The number of carboxylic acid groups (broad SMARTS) is 6. The van der Waals surface area contributed by atoms with E-state index < -0.39 is 66.8 Å². The molecule has 0 aromatic heterocycles. The van der Waals surface area contributed by atoms with Gasteiger partial charge in [0.15, 0.2) is 6.29 Å². The van der Waals surface area contributed by atoms with Crippen LogP contribution in [-0.2, 0) is 33.6 Å². The van der Waals surface area contributed by atoms with E-state index >= 15 is 0 Å². The van der Waals surface area contributed by atoms with Crippen LogP contribution in [0.4, 0.5) is 0 Å². The molecule has 18 heteroatoms. The van der Waals surface area contributed by atoms with Crippen molar-refractivity contribution in [3.8, 4) is 0 Å². The Balaban J connectivity index is -0.0000000711. The van der Waals surface area contributed by atoms with E-state index in [1.165, 1.54) is 0 Å². The first-order chi connectivity index (χ1) is 19.2. The normalized spacial score (nSPS) is 10.6. The van der Waals surface area contributed by atoms with Crippen LogP contribution in [0.15, 0.2) is 75.9 Å². The van der Waals surface area contributed by atoms with Gasteiger partial charge in [-0.15, -0.1) is 0 Å². The van der Waals surface area contributed by atoms with E-state index in [1.807, 2.05) is 0 Å². The van der Waals surface area contributed by atoms with E-state index in [1.54, 1.807) is 0 Å². The second-order valence-corrected chi connectivity index (χ2v) is 5.61. The molecule has 0 aromatic carbocycles. The lowest BCUT2D eigenvalue weighted by Crippen LogP contribution is -2.46. The number of aldehydes is 1. The summed E-state index contributed by atoms with van der Waals surface area (Å²) in [6, 6.07) is 0. The van der Waals surface area contributed by atoms with Crippen LogP contribution in [0.2, 0.25) is 0 Å². The second-order valence-electron chi connectivity index (χ2n) is 5.61. The van der Waals surface area contributed by atoms with Crippen molar-refractivity contribution in [3.05, 3.63) is 75.9 Å². The zero-order valence-electron chi connectivity index (χ0n) is 22.1. The molecule has 0 unspecified atom stereocenters. The first-order valence-corrected chi connectivity index (χ1v) is 10.1. The van der Waals surface area contributed by atoms with E-state index in [2.05, 4.69) is 39.5 Å². The van der Waals surface area contributed by atoms with Gasteiger partial charge in [0.25, 0.3) is 0 Å². The Hall–Kier alpha value is -5.27. The van der Waals surface area contributed by atoms with Crippen molar-refractivity contribution in [1.82, 2.24) is 0 Å². The molecular weight excluding hydrogens is 576 g/mol. The lowest BCUT2D eigenvalue weighted by Gasteiger charge is -2.22. The van der Waals surface area contributed by atoms with Gasteiger partial charge >= 0.3 is 35.8 Å². The summed E-state index contributed by atoms with van der Waals surface area (Å²) in [7, 11) is 0. The maximum Gasteiger partial charge on any atom is 0.327 e. The standard InChI is InChI=1S/C6H12O6.6C3H4O2/c7-1-3(9)5(11)6(12)4(10)2-8;6*1-2-3(4)5/h1,3-6,8-12H,2H2;6*2H,1H2,(H,4,5)/t3-,4+,5+,6+;;;;;;/m0....../s1. The Morgan fingerprint density at radius 2 is 0.643 bits per heavy atom. The average molecular weight is 613 g/mol. The number of carbonyl (C=O) groups excluding carboxylic acids is 1. The van der Waals surface area contributed by atoms with E-state index in [0.29, 0.717) is 0 Å². The molecule has 0 aromatic rings. The Morgan fingerprint density at radius 3 is 0.738 bits per heavy atom. The van der Waals surface area contributed by atoms with E-state index in [-0.39, 0.29) is 6.29 Å². The van der Waals surface area contributed by atoms with Crippen molar-refractivity contribution >= 4 is 42.1 Å². The number of carbonyl (C=O) groups is 7. The number of hydrogen-bond acceptors (Lipinski definition) is 12. The smallest absolute Gasteiger partial charge is 0.327 e. The van der Waals surface area contributed by atoms with Crippen LogP contribution in [0.5, 0.6) is 0 Å². The molecule has 0 aliphatic heterocycles. The van der Waals surface area contributed by atoms with E-state index in [9.17, 15) is 33.6 Å². The molecule has 0 rings (SSSR count). The van der Waals surface area contributed by atoms with Gasteiger partial charge in [-0.25, -0.2) is 28.8 Å². The fourth-order valence-corrected chi connectivity index (χ4v) is 0.618. The lowest BCUT2D eigenvalue weighted by atomic mass is 10.0. The van der Waals surface area contributed by atoms with E-state index in [4.69, 9.17) is 56.2 Å². The molecular formula is C24H36O18. The monoisotopic (exact) mass is 612 g/mol. The van der Waals surface area contributed by atoms with Gasteiger partial charge in [0, 0.05) is 36.5 Å². The van der Waals surface area contributed by atoms with Gasteiger partial charge < -0.3 is 61.0 Å². The molecule has 0 saturated heterocycles. The summed E-state index contributed by atoms with van der Waals surface area (Å²) in [5, 5.41) is 89.2. The van der Waals surface area contributed by atoms with Crippen LogP contribution in [0, 0.1) is 0 Å². The number of aliphatic hydroxyl groups is 5. The van der Waals surface area contributed by atoms with Gasteiger partial charge in [-0.1, -0.05) is 39.5 Å². The Bertz CT molecular complexity index is 722. The molecule has 0 saturated carbocycles. The maximum atomic E-state index is 9.90. The highest BCUT2D eigenvalue weighted by atomic mass is 16.4. The molecule has 42 heavy (non-hydrogen) atoms. The number of rotatable bonds is 11. The van der Waals surface area contributed by atoms with Gasteiger partial charge in [0.1, 0.15) is 24.4 Å². The van der Waals surface area contributed by atoms with Crippen LogP contribution in [0.1, 0.15) is 0 Å². The summed E-state index contributed by atoms with van der Waals surface area (Å²) in [5.74, 6) is -5.89.